The van der Waals surface area contributed by atoms with Gasteiger partial charge < -0.3 is 20.7 Å². The Morgan fingerprint density at radius 3 is 2.19 bits per heavy atom. The van der Waals surface area contributed by atoms with Crippen LogP contribution in [0.5, 0.6) is 5.75 Å². The number of hydrogen-bond acceptors (Lipinski definition) is 3. The van der Waals surface area contributed by atoms with Crippen LogP contribution in [0.2, 0.25) is 0 Å². The molecule has 3 amide bonds. The molecule has 9 heteroatoms. The number of rotatable bonds is 6. The van der Waals surface area contributed by atoms with E-state index in [0.29, 0.717) is 6.54 Å². The third-order valence-corrected chi connectivity index (χ3v) is 3.35. The summed E-state index contributed by atoms with van der Waals surface area (Å²) in [7, 11) is 0. The van der Waals surface area contributed by atoms with Crippen molar-refractivity contribution in [3.63, 3.8) is 0 Å². The maximum Gasteiger partial charge on any atom is 0.573 e. The fraction of sp³-hybridized carbons (Fsp3) is 0.222. The number of aryl methyl sites for hydroxylation is 1. The predicted octanol–water partition coefficient (Wildman–Crippen LogP) is 3.33. The lowest BCUT2D eigenvalue weighted by atomic mass is 10.1. The minimum atomic E-state index is -4.78. The maximum atomic E-state index is 12.1. The number of carbonyl (C=O) groups excluding carboxylic acids is 2. The number of alkyl halides is 3. The number of carbonyl (C=O) groups is 2. The molecule has 0 heterocycles. The molecule has 0 saturated carbocycles. The summed E-state index contributed by atoms with van der Waals surface area (Å²) in [6.07, 6.45) is -4.78. The molecule has 27 heavy (non-hydrogen) atoms. The Balaban J connectivity index is 1.72. The summed E-state index contributed by atoms with van der Waals surface area (Å²) in [6, 6.07) is 11.8. The summed E-state index contributed by atoms with van der Waals surface area (Å²) in [4.78, 5) is 23.5. The van der Waals surface area contributed by atoms with Gasteiger partial charge in [-0.25, -0.2) is 4.79 Å². The summed E-state index contributed by atoms with van der Waals surface area (Å²) in [6.45, 7) is 1.98. The van der Waals surface area contributed by atoms with E-state index in [2.05, 4.69) is 20.7 Å². The number of benzene rings is 2. The molecule has 3 N–H and O–H groups in total. The second kappa shape index (κ2) is 8.93. The van der Waals surface area contributed by atoms with Crippen molar-refractivity contribution in [2.75, 3.05) is 11.9 Å². The lowest BCUT2D eigenvalue weighted by Gasteiger charge is -2.10. The summed E-state index contributed by atoms with van der Waals surface area (Å²) < 4.78 is 40.0. The van der Waals surface area contributed by atoms with Gasteiger partial charge in [-0.1, -0.05) is 29.8 Å². The van der Waals surface area contributed by atoms with Gasteiger partial charge in [-0.15, -0.1) is 13.2 Å². The Morgan fingerprint density at radius 1 is 0.963 bits per heavy atom. The van der Waals surface area contributed by atoms with Gasteiger partial charge in [-0.2, -0.15) is 0 Å². The molecule has 0 spiro atoms. The molecule has 2 rings (SSSR count). The highest BCUT2D eigenvalue weighted by molar-refractivity contribution is 5.94. The molecule has 0 fully saturated rings. The number of anilines is 1. The third-order valence-electron chi connectivity index (χ3n) is 3.35. The van der Waals surface area contributed by atoms with Crippen molar-refractivity contribution < 1.29 is 27.5 Å². The summed E-state index contributed by atoms with van der Waals surface area (Å²) >= 11 is 0. The number of amides is 3. The zero-order chi connectivity index (χ0) is 19.9. The fourth-order valence-electron chi connectivity index (χ4n) is 2.06. The zero-order valence-corrected chi connectivity index (χ0v) is 14.4. The van der Waals surface area contributed by atoms with Crippen molar-refractivity contribution in [3.8, 4) is 5.75 Å². The molecular weight excluding hydrogens is 363 g/mol. The molecule has 0 unspecified atom stereocenters. The first kappa shape index (κ1) is 20.1. The Bertz CT molecular complexity index is 775. The van der Waals surface area contributed by atoms with Crippen molar-refractivity contribution in [2.45, 2.75) is 19.8 Å². The first-order chi connectivity index (χ1) is 12.7. The van der Waals surface area contributed by atoms with E-state index in [9.17, 15) is 22.8 Å². The van der Waals surface area contributed by atoms with E-state index in [1.54, 1.807) is 0 Å². The van der Waals surface area contributed by atoms with Gasteiger partial charge in [0, 0.05) is 12.2 Å². The van der Waals surface area contributed by atoms with Crippen LogP contribution in [0, 0.1) is 6.92 Å². The molecule has 0 aliphatic rings. The molecular formula is C18H18F3N3O3. The number of urea groups is 1. The Morgan fingerprint density at radius 2 is 1.59 bits per heavy atom. The topological polar surface area (TPSA) is 79.5 Å². The van der Waals surface area contributed by atoms with Gasteiger partial charge in [-0.3, -0.25) is 4.79 Å². The highest BCUT2D eigenvalue weighted by Gasteiger charge is 2.30. The first-order valence-corrected chi connectivity index (χ1v) is 7.94. The number of halogens is 3. The highest BCUT2D eigenvalue weighted by Crippen LogP contribution is 2.23. The van der Waals surface area contributed by atoms with Gasteiger partial charge in [0.25, 0.3) is 0 Å². The van der Waals surface area contributed by atoms with Crippen LogP contribution in [0.15, 0.2) is 48.5 Å². The second-order valence-electron chi connectivity index (χ2n) is 5.64. The SMILES string of the molecule is Cc1ccc(CNC(=O)NCC(=O)Nc2ccc(OC(F)(F)F)cc2)cc1. The van der Waals surface area contributed by atoms with Crippen LogP contribution in [0.4, 0.5) is 23.7 Å². The average molecular weight is 381 g/mol. The van der Waals surface area contributed by atoms with Gasteiger partial charge in [0.15, 0.2) is 0 Å². The molecule has 6 nitrogen and oxygen atoms in total. The molecule has 0 aromatic heterocycles. The smallest absolute Gasteiger partial charge is 0.406 e. The van der Waals surface area contributed by atoms with Crippen molar-refractivity contribution in [2.24, 2.45) is 0 Å². The Hall–Kier alpha value is -3.23. The van der Waals surface area contributed by atoms with Crippen LogP contribution in [-0.2, 0) is 11.3 Å². The molecule has 0 radical (unpaired) electrons. The Labute approximate surface area is 153 Å². The van der Waals surface area contributed by atoms with Gasteiger partial charge in [0.1, 0.15) is 5.75 Å². The summed E-state index contributed by atoms with van der Waals surface area (Å²) in [5.41, 5.74) is 2.30. The lowest BCUT2D eigenvalue weighted by Crippen LogP contribution is -2.39. The quantitative estimate of drug-likeness (QED) is 0.718. The van der Waals surface area contributed by atoms with Crippen molar-refractivity contribution >= 4 is 17.6 Å². The predicted molar refractivity (Wildman–Crippen MR) is 93.2 cm³/mol. The summed E-state index contributed by atoms with van der Waals surface area (Å²) in [5.74, 6) is -0.918. The molecule has 2 aromatic rings. The minimum absolute atomic E-state index is 0.274. The van der Waals surface area contributed by atoms with Crippen LogP contribution in [-0.4, -0.2) is 24.8 Å². The largest absolute Gasteiger partial charge is 0.573 e. The standard InChI is InChI=1S/C18H18F3N3O3/c1-12-2-4-13(5-3-12)10-22-17(26)23-11-16(25)24-14-6-8-15(9-7-14)27-18(19,20)21/h2-9H,10-11H2,1H3,(H,24,25)(H2,22,23,26). The van der Waals surface area contributed by atoms with Gasteiger partial charge in [-0.05, 0) is 36.8 Å². The zero-order valence-electron chi connectivity index (χ0n) is 14.4. The van der Waals surface area contributed by atoms with E-state index in [0.717, 1.165) is 23.3 Å². The van der Waals surface area contributed by atoms with E-state index in [1.807, 2.05) is 31.2 Å². The van der Waals surface area contributed by atoms with Crippen LogP contribution in [0.3, 0.4) is 0 Å². The average Bonchev–Trinajstić information content (AvgIpc) is 2.60. The summed E-state index contributed by atoms with van der Waals surface area (Å²) in [5, 5.41) is 7.45. The van der Waals surface area contributed by atoms with Crippen LogP contribution in [0.25, 0.3) is 0 Å². The molecule has 2 aromatic carbocycles. The third kappa shape index (κ3) is 7.68. The van der Waals surface area contributed by atoms with Crippen LogP contribution in [0.1, 0.15) is 11.1 Å². The van der Waals surface area contributed by atoms with Gasteiger partial charge >= 0.3 is 12.4 Å². The van der Waals surface area contributed by atoms with Crippen LogP contribution >= 0.6 is 0 Å². The van der Waals surface area contributed by atoms with Crippen molar-refractivity contribution in [1.82, 2.24) is 10.6 Å². The lowest BCUT2D eigenvalue weighted by molar-refractivity contribution is -0.274. The highest BCUT2D eigenvalue weighted by atomic mass is 19.4. The molecule has 144 valence electrons. The minimum Gasteiger partial charge on any atom is -0.406 e. The Kier molecular flexibility index (Phi) is 6.64. The molecule has 0 aliphatic carbocycles. The fourth-order valence-corrected chi connectivity index (χ4v) is 2.06. The normalized spacial score (nSPS) is 10.8. The number of hydrogen-bond donors (Lipinski definition) is 3. The van der Waals surface area contributed by atoms with E-state index in [-0.39, 0.29) is 12.2 Å². The maximum absolute atomic E-state index is 12.1. The van der Waals surface area contributed by atoms with Crippen molar-refractivity contribution in [1.29, 1.82) is 0 Å². The van der Waals surface area contributed by atoms with E-state index < -0.39 is 24.1 Å². The van der Waals surface area contributed by atoms with E-state index >= 15 is 0 Å². The van der Waals surface area contributed by atoms with Crippen molar-refractivity contribution in [3.05, 3.63) is 59.7 Å². The molecule has 0 aliphatic heterocycles. The molecule has 0 saturated heterocycles. The number of ether oxygens (including phenoxy) is 1. The van der Waals surface area contributed by atoms with E-state index in [1.165, 1.54) is 12.1 Å². The second-order valence-corrected chi connectivity index (χ2v) is 5.64. The first-order valence-electron chi connectivity index (χ1n) is 7.94. The van der Waals surface area contributed by atoms with Gasteiger partial charge in [0.2, 0.25) is 5.91 Å². The van der Waals surface area contributed by atoms with Gasteiger partial charge in [0.05, 0.1) is 6.54 Å². The monoisotopic (exact) mass is 381 g/mol. The number of nitrogens with one attached hydrogen (secondary N) is 3. The molecule has 0 bridgehead atoms. The molecule has 0 atom stereocenters. The van der Waals surface area contributed by atoms with E-state index in [4.69, 9.17) is 0 Å². The van der Waals surface area contributed by atoms with Crippen LogP contribution < -0.4 is 20.7 Å².